The summed E-state index contributed by atoms with van der Waals surface area (Å²) in [6, 6.07) is 0. The number of carboxylic acid groups (broad SMARTS) is 2. The fourth-order valence-corrected chi connectivity index (χ4v) is 1.86. The Hall–Kier alpha value is -0.0600. The molecular weight excluding hydrogens is 243 g/mol. The topological polar surface area (TPSA) is 74.6 Å². The van der Waals surface area contributed by atoms with E-state index in [0.29, 0.717) is 6.42 Å². The molecular formula is C13H25NaO4. The Morgan fingerprint density at radius 2 is 1.50 bits per heavy atom. The molecule has 0 fully saturated rings. The van der Waals surface area contributed by atoms with Crippen molar-refractivity contribution in [1.82, 2.24) is 0 Å². The van der Waals surface area contributed by atoms with Crippen molar-refractivity contribution in [3.8, 4) is 0 Å². The Morgan fingerprint density at radius 1 is 1.06 bits per heavy atom. The van der Waals surface area contributed by atoms with Crippen LogP contribution in [0.15, 0.2) is 0 Å². The number of carboxylic acids is 2. The van der Waals surface area contributed by atoms with E-state index in [9.17, 15) is 9.59 Å². The zero-order chi connectivity index (χ0) is 13.5. The van der Waals surface area contributed by atoms with Crippen molar-refractivity contribution in [1.29, 1.82) is 0 Å². The number of aliphatic carboxylic acids is 2. The van der Waals surface area contributed by atoms with Gasteiger partial charge in [0.15, 0.2) is 5.41 Å². The van der Waals surface area contributed by atoms with Crippen LogP contribution in [0.5, 0.6) is 0 Å². The summed E-state index contributed by atoms with van der Waals surface area (Å²) in [5, 5.41) is 18.1. The van der Waals surface area contributed by atoms with Crippen molar-refractivity contribution < 1.29 is 19.8 Å². The molecule has 0 aliphatic carbocycles. The van der Waals surface area contributed by atoms with Crippen molar-refractivity contribution in [3.63, 3.8) is 0 Å². The van der Waals surface area contributed by atoms with E-state index in [1.807, 2.05) is 0 Å². The number of rotatable bonds is 9. The zero-order valence-corrected chi connectivity index (χ0v) is 11.0. The maximum atomic E-state index is 11.1. The molecule has 0 aliphatic rings. The molecule has 2 N–H and O–H groups in total. The van der Waals surface area contributed by atoms with Gasteiger partial charge in [0, 0.05) is 0 Å². The molecule has 0 aromatic heterocycles. The maximum absolute atomic E-state index is 11.1. The van der Waals surface area contributed by atoms with Gasteiger partial charge in [0.1, 0.15) is 0 Å². The normalized spacial score (nSPS) is 12.6. The Kier molecular flexibility index (Phi) is 11.0. The number of hydrogen-bond acceptors (Lipinski definition) is 2. The van der Waals surface area contributed by atoms with Crippen LogP contribution < -0.4 is 0 Å². The molecule has 0 aliphatic heterocycles. The summed E-state index contributed by atoms with van der Waals surface area (Å²) >= 11 is 0. The van der Waals surface area contributed by atoms with Crippen LogP contribution in [0, 0.1) is 11.3 Å². The molecule has 5 heteroatoms. The Morgan fingerprint density at radius 3 is 1.89 bits per heavy atom. The number of carbonyl (C=O) groups is 2. The van der Waals surface area contributed by atoms with E-state index in [4.69, 9.17) is 10.2 Å². The third-order valence-electron chi connectivity index (χ3n) is 3.61. The molecule has 18 heavy (non-hydrogen) atoms. The second kappa shape index (κ2) is 9.82. The van der Waals surface area contributed by atoms with Gasteiger partial charge in [-0.25, -0.2) is 0 Å². The first-order valence-corrected chi connectivity index (χ1v) is 6.34. The van der Waals surface area contributed by atoms with Crippen LogP contribution >= 0.6 is 0 Å². The number of hydrogen-bond donors (Lipinski definition) is 2. The average Bonchev–Trinajstić information content (AvgIpc) is 2.26. The van der Waals surface area contributed by atoms with E-state index in [1.165, 1.54) is 13.3 Å². The number of unbranched alkanes of at least 4 members (excludes halogenated alkanes) is 4. The average molecular weight is 268 g/mol. The van der Waals surface area contributed by atoms with Gasteiger partial charge in [-0.1, -0.05) is 46.0 Å². The minimum absolute atomic E-state index is 0. The quantitative estimate of drug-likeness (QED) is 0.383. The van der Waals surface area contributed by atoms with Gasteiger partial charge in [0.2, 0.25) is 0 Å². The first-order chi connectivity index (χ1) is 7.87. The van der Waals surface area contributed by atoms with E-state index < -0.39 is 17.4 Å². The van der Waals surface area contributed by atoms with Crippen molar-refractivity contribution >= 4 is 41.5 Å². The molecule has 0 saturated carbocycles. The van der Waals surface area contributed by atoms with E-state index in [0.717, 1.165) is 25.7 Å². The van der Waals surface area contributed by atoms with E-state index >= 15 is 0 Å². The van der Waals surface area contributed by atoms with Crippen LogP contribution in [-0.2, 0) is 9.59 Å². The Balaban J connectivity index is 0. The molecule has 4 nitrogen and oxygen atoms in total. The van der Waals surface area contributed by atoms with Crippen LogP contribution in [0.2, 0.25) is 0 Å². The van der Waals surface area contributed by atoms with Gasteiger partial charge in [-0.2, -0.15) is 0 Å². The van der Waals surface area contributed by atoms with Crippen molar-refractivity contribution in [2.45, 2.75) is 59.3 Å². The summed E-state index contributed by atoms with van der Waals surface area (Å²) in [5.74, 6) is -2.84. The van der Waals surface area contributed by atoms with Crippen molar-refractivity contribution in [2.75, 3.05) is 0 Å². The SMILES string of the molecule is CCCCCCCC(C)C(C)(C(=O)O)C(=O)O.[NaH]. The predicted octanol–water partition coefficient (Wildman–Crippen LogP) is 2.51. The molecule has 0 rings (SSSR count). The second-order valence-electron chi connectivity index (χ2n) is 4.92. The summed E-state index contributed by atoms with van der Waals surface area (Å²) in [6.45, 7) is 5.14. The third kappa shape index (κ3) is 5.72. The minimum atomic E-state index is -1.66. The van der Waals surface area contributed by atoms with Gasteiger partial charge in [-0.3, -0.25) is 9.59 Å². The Labute approximate surface area is 131 Å². The summed E-state index contributed by atoms with van der Waals surface area (Å²) in [4.78, 5) is 22.1. The van der Waals surface area contributed by atoms with Crippen molar-refractivity contribution in [2.24, 2.45) is 11.3 Å². The second-order valence-corrected chi connectivity index (χ2v) is 4.92. The van der Waals surface area contributed by atoms with Gasteiger partial charge < -0.3 is 10.2 Å². The predicted molar refractivity (Wildman–Crippen MR) is 73.1 cm³/mol. The monoisotopic (exact) mass is 268 g/mol. The zero-order valence-electron chi connectivity index (χ0n) is 11.0. The summed E-state index contributed by atoms with van der Waals surface area (Å²) < 4.78 is 0. The van der Waals surface area contributed by atoms with E-state index in [1.54, 1.807) is 6.92 Å². The summed E-state index contributed by atoms with van der Waals surface area (Å²) in [6.07, 6.45) is 6.09. The molecule has 0 amide bonds. The molecule has 0 aromatic carbocycles. The first kappa shape index (κ1) is 20.3. The van der Waals surface area contributed by atoms with Gasteiger partial charge in [-0.05, 0) is 19.3 Å². The molecule has 0 aromatic rings. The third-order valence-corrected chi connectivity index (χ3v) is 3.61. The standard InChI is InChI=1S/C13H24O4.Na.H/c1-4-5-6-7-8-9-10(2)13(3,11(14)15)12(16)17;;/h10H,4-9H2,1-3H3,(H,14,15)(H,16,17);;. The molecule has 0 radical (unpaired) electrons. The Bertz CT molecular complexity index is 252. The molecule has 0 saturated heterocycles. The molecule has 102 valence electrons. The van der Waals surface area contributed by atoms with Crippen LogP contribution in [0.3, 0.4) is 0 Å². The van der Waals surface area contributed by atoms with Gasteiger partial charge in [-0.15, -0.1) is 0 Å². The van der Waals surface area contributed by atoms with Crippen LogP contribution in [0.1, 0.15) is 59.3 Å². The molecule has 0 spiro atoms. The fraction of sp³-hybridized carbons (Fsp3) is 0.846. The molecule has 0 heterocycles. The van der Waals surface area contributed by atoms with Crippen LogP contribution in [0.4, 0.5) is 0 Å². The molecule has 1 unspecified atom stereocenters. The van der Waals surface area contributed by atoms with Crippen LogP contribution in [0.25, 0.3) is 0 Å². The van der Waals surface area contributed by atoms with Gasteiger partial charge in [0.05, 0.1) is 0 Å². The van der Waals surface area contributed by atoms with E-state index in [-0.39, 0.29) is 35.5 Å². The summed E-state index contributed by atoms with van der Waals surface area (Å²) in [7, 11) is 0. The van der Waals surface area contributed by atoms with E-state index in [2.05, 4.69) is 6.92 Å². The fourth-order valence-electron chi connectivity index (χ4n) is 1.86. The first-order valence-electron chi connectivity index (χ1n) is 6.34. The summed E-state index contributed by atoms with van der Waals surface area (Å²) in [5.41, 5.74) is -1.66. The van der Waals surface area contributed by atoms with Gasteiger partial charge >= 0.3 is 41.5 Å². The van der Waals surface area contributed by atoms with Gasteiger partial charge in [0.25, 0.3) is 0 Å². The van der Waals surface area contributed by atoms with Crippen molar-refractivity contribution in [3.05, 3.63) is 0 Å². The molecule has 0 bridgehead atoms. The molecule has 1 atom stereocenters. The van der Waals surface area contributed by atoms with Crippen LogP contribution in [-0.4, -0.2) is 51.7 Å².